The highest BCUT2D eigenvalue weighted by Gasteiger charge is 2.22. The van der Waals surface area contributed by atoms with Gasteiger partial charge in [0.25, 0.3) is 11.8 Å². The quantitative estimate of drug-likeness (QED) is 0.176. The van der Waals surface area contributed by atoms with E-state index in [0.29, 0.717) is 33.8 Å². The first-order valence-corrected chi connectivity index (χ1v) is 12.3. The Balaban J connectivity index is 1.66. The maximum atomic E-state index is 12.9. The zero-order valence-corrected chi connectivity index (χ0v) is 22.1. The summed E-state index contributed by atoms with van der Waals surface area (Å²) in [7, 11) is 0. The number of primary amides is 1. The molecule has 0 saturated heterocycles. The Morgan fingerprint density at radius 2 is 2.00 bits per heavy atom. The van der Waals surface area contributed by atoms with Crippen molar-refractivity contribution in [2.24, 2.45) is 10.8 Å². The number of nitrogens with two attached hydrogens (primary N) is 1. The van der Waals surface area contributed by atoms with Crippen molar-refractivity contribution in [2.45, 2.75) is 26.0 Å². The van der Waals surface area contributed by atoms with Gasteiger partial charge in [-0.25, -0.2) is 15.2 Å². The fourth-order valence-electron chi connectivity index (χ4n) is 3.19. The molecule has 5 N–H and O–H groups in total. The number of aromatic amines is 1. The molecule has 2 aromatic carbocycles. The minimum atomic E-state index is -0.994. The highest BCUT2D eigenvalue weighted by atomic mass is 79.9. The molecule has 0 saturated carbocycles. The number of amides is 3. The van der Waals surface area contributed by atoms with Gasteiger partial charge in [0.2, 0.25) is 0 Å². The van der Waals surface area contributed by atoms with Gasteiger partial charge in [0.1, 0.15) is 12.6 Å². The zero-order chi connectivity index (χ0) is 27.3. The van der Waals surface area contributed by atoms with Crippen LogP contribution in [0.25, 0.3) is 0 Å². The molecule has 1 aromatic heterocycles. The van der Waals surface area contributed by atoms with Crippen LogP contribution in [-0.2, 0) is 27.4 Å². The Kier molecular flexibility index (Phi) is 10.7. The average molecular weight is 587 g/mol. The molecule has 0 aliphatic heterocycles. The van der Waals surface area contributed by atoms with E-state index in [4.69, 9.17) is 19.9 Å². The molecule has 1 atom stereocenters. The molecule has 13 heteroatoms. The summed E-state index contributed by atoms with van der Waals surface area (Å²) in [5.41, 5.74) is 9.59. The van der Waals surface area contributed by atoms with Crippen LogP contribution in [0.4, 0.5) is 4.79 Å². The number of benzene rings is 2. The molecular formula is C25H27BrN6O6. The minimum absolute atomic E-state index is 0.0550. The lowest BCUT2D eigenvalue weighted by molar-refractivity contribution is -0.123. The van der Waals surface area contributed by atoms with Gasteiger partial charge < -0.3 is 30.2 Å². The van der Waals surface area contributed by atoms with Crippen LogP contribution in [0.2, 0.25) is 0 Å². The Hall–Kier alpha value is -4.39. The molecule has 0 aliphatic carbocycles. The molecule has 200 valence electrons. The SMILES string of the molecule is CCOc1cc(/C=N\NC(=O)[C@H](Cc2cnc[nH]2)NC(=O)OCc2ccccc2)cc(Br)c1OCC(N)=O. The van der Waals surface area contributed by atoms with Crippen LogP contribution in [0.3, 0.4) is 0 Å². The van der Waals surface area contributed by atoms with Crippen LogP contribution in [-0.4, -0.2) is 53.3 Å². The maximum absolute atomic E-state index is 12.9. The fourth-order valence-corrected chi connectivity index (χ4v) is 3.76. The lowest BCUT2D eigenvalue weighted by Gasteiger charge is -2.16. The molecule has 0 bridgehead atoms. The van der Waals surface area contributed by atoms with Crippen LogP contribution < -0.4 is 25.9 Å². The van der Waals surface area contributed by atoms with Crippen molar-refractivity contribution >= 4 is 40.1 Å². The molecular weight excluding hydrogens is 560 g/mol. The molecule has 0 spiro atoms. The number of ether oxygens (including phenoxy) is 3. The molecule has 12 nitrogen and oxygen atoms in total. The standard InChI is InChI=1S/C25H27BrN6O6/c1-2-36-21-9-17(8-19(26)23(21)37-14-22(27)33)11-30-32-24(34)20(10-18-12-28-15-29-18)31-25(35)38-13-16-6-4-3-5-7-16/h3-9,11-12,15,20H,2,10,13-14H2,1H3,(H2,27,33)(H,28,29)(H,31,35)(H,32,34)/b30-11-/t20-/m0/s1. The Labute approximate surface area is 227 Å². The van der Waals surface area contributed by atoms with Gasteiger partial charge in [-0.05, 0) is 46.1 Å². The summed E-state index contributed by atoms with van der Waals surface area (Å²) in [5.74, 6) is -0.534. The number of hydrogen-bond acceptors (Lipinski definition) is 8. The molecule has 1 heterocycles. The molecule has 3 amide bonds. The molecule has 0 radical (unpaired) electrons. The van der Waals surface area contributed by atoms with E-state index in [2.05, 4.69) is 41.7 Å². The predicted octanol–water partition coefficient (Wildman–Crippen LogP) is 2.42. The molecule has 3 rings (SSSR count). The number of H-pyrrole nitrogens is 1. The molecule has 0 aliphatic rings. The number of hydrazone groups is 1. The van der Waals surface area contributed by atoms with Gasteiger partial charge in [-0.15, -0.1) is 0 Å². The van der Waals surface area contributed by atoms with E-state index in [1.54, 1.807) is 25.3 Å². The number of carbonyl (C=O) groups is 3. The number of alkyl carbamates (subject to hydrolysis) is 1. The first kappa shape index (κ1) is 28.2. The summed E-state index contributed by atoms with van der Waals surface area (Å²) in [6, 6.07) is 11.5. The van der Waals surface area contributed by atoms with E-state index in [9.17, 15) is 14.4 Å². The zero-order valence-electron chi connectivity index (χ0n) is 20.5. The van der Waals surface area contributed by atoms with Crippen molar-refractivity contribution in [2.75, 3.05) is 13.2 Å². The van der Waals surface area contributed by atoms with Gasteiger partial charge >= 0.3 is 6.09 Å². The molecule has 3 aromatic rings. The minimum Gasteiger partial charge on any atom is -0.490 e. The van der Waals surface area contributed by atoms with Gasteiger partial charge in [0.15, 0.2) is 18.1 Å². The topological polar surface area (TPSA) is 170 Å². The third-order valence-electron chi connectivity index (χ3n) is 4.88. The van der Waals surface area contributed by atoms with Gasteiger partial charge in [0.05, 0.1) is 23.6 Å². The molecule has 0 fully saturated rings. The van der Waals surface area contributed by atoms with Gasteiger partial charge in [-0.3, -0.25) is 9.59 Å². The van der Waals surface area contributed by atoms with Crippen LogP contribution in [0.1, 0.15) is 23.7 Å². The van der Waals surface area contributed by atoms with Crippen molar-refractivity contribution in [1.82, 2.24) is 20.7 Å². The summed E-state index contributed by atoms with van der Waals surface area (Å²) < 4.78 is 16.8. The number of imidazole rings is 1. The van der Waals surface area contributed by atoms with Crippen molar-refractivity contribution in [3.05, 3.63) is 76.3 Å². The van der Waals surface area contributed by atoms with Crippen LogP contribution in [0, 0.1) is 0 Å². The summed E-state index contributed by atoms with van der Waals surface area (Å²) >= 11 is 3.38. The van der Waals surface area contributed by atoms with Crippen molar-refractivity contribution in [3.8, 4) is 11.5 Å². The van der Waals surface area contributed by atoms with Crippen LogP contribution >= 0.6 is 15.9 Å². The largest absolute Gasteiger partial charge is 0.490 e. The van der Waals surface area contributed by atoms with E-state index in [1.165, 1.54) is 12.5 Å². The summed E-state index contributed by atoms with van der Waals surface area (Å²) in [4.78, 5) is 43.2. The smallest absolute Gasteiger partial charge is 0.408 e. The van der Waals surface area contributed by atoms with Gasteiger partial charge in [-0.1, -0.05) is 30.3 Å². The number of carbonyl (C=O) groups excluding carboxylic acids is 3. The fraction of sp³-hybridized carbons (Fsp3) is 0.240. The van der Waals surface area contributed by atoms with E-state index < -0.39 is 23.9 Å². The number of hydrogen-bond donors (Lipinski definition) is 4. The van der Waals surface area contributed by atoms with E-state index in [-0.39, 0.29) is 19.6 Å². The first-order chi connectivity index (χ1) is 18.4. The Morgan fingerprint density at radius 3 is 2.68 bits per heavy atom. The number of nitrogens with zero attached hydrogens (tertiary/aromatic N) is 2. The average Bonchev–Trinajstić information content (AvgIpc) is 3.40. The third-order valence-corrected chi connectivity index (χ3v) is 5.47. The Morgan fingerprint density at radius 1 is 1.21 bits per heavy atom. The number of aromatic nitrogens is 2. The molecule has 0 unspecified atom stereocenters. The molecule has 38 heavy (non-hydrogen) atoms. The summed E-state index contributed by atoms with van der Waals surface area (Å²) in [6.07, 6.45) is 3.79. The normalized spacial score (nSPS) is 11.5. The van der Waals surface area contributed by atoms with E-state index in [1.807, 2.05) is 30.3 Å². The second kappa shape index (κ2) is 14.4. The van der Waals surface area contributed by atoms with Gasteiger partial charge in [-0.2, -0.15) is 5.10 Å². The second-order valence-electron chi connectivity index (χ2n) is 7.79. The Bertz CT molecular complexity index is 1250. The van der Waals surface area contributed by atoms with Crippen molar-refractivity contribution < 1.29 is 28.6 Å². The van der Waals surface area contributed by atoms with E-state index in [0.717, 1.165) is 5.56 Å². The maximum Gasteiger partial charge on any atom is 0.408 e. The predicted molar refractivity (Wildman–Crippen MR) is 142 cm³/mol. The lowest BCUT2D eigenvalue weighted by atomic mass is 10.1. The first-order valence-electron chi connectivity index (χ1n) is 11.5. The number of nitrogens with one attached hydrogen (secondary N) is 3. The number of rotatable bonds is 13. The summed E-state index contributed by atoms with van der Waals surface area (Å²) in [6.45, 7) is 1.88. The van der Waals surface area contributed by atoms with Crippen molar-refractivity contribution in [3.63, 3.8) is 0 Å². The highest BCUT2D eigenvalue weighted by Crippen LogP contribution is 2.36. The van der Waals surface area contributed by atoms with E-state index >= 15 is 0 Å². The lowest BCUT2D eigenvalue weighted by Crippen LogP contribution is -2.47. The van der Waals surface area contributed by atoms with Crippen molar-refractivity contribution in [1.29, 1.82) is 0 Å². The second-order valence-corrected chi connectivity index (χ2v) is 8.65. The third kappa shape index (κ3) is 8.92. The van der Waals surface area contributed by atoms with Crippen LogP contribution in [0.5, 0.6) is 11.5 Å². The highest BCUT2D eigenvalue weighted by molar-refractivity contribution is 9.10. The summed E-state index contributed by atoms with van der Waals surface area (Å²) in [5, 5.41) is 6.57. The number of halogens is 1. The van der Waals surface area contributed by atoms with Gasteiger partial charge in [0, 0.05) is 18.3 Å². The monoisotopic (exact) mass is 586 g/mol. The van der Waals surface area contributed by atoms with Crippen LogP contribution in [0.15, 0.2) is 64.6 Å².